The van der Waals surface area contributed by atoms with Crippen LogP contribution in [0.25, 0.3) is 0 Å². The number of hydrogen-bond donors (Lipinski definition) is 1. The molecule has 1 aromatic carbocycles. The van der Waals surface area contributed by atoms with E-state index in [1.54, 1.807) is 0 Å². The Morgan fingerprint density at radius 2 is 2.22 bits per heavy atom. The number of nitrogens with one attached hydrogen (secondary N) is 1. The minimum Gasteiger partial charge on any atom is -0.491 e. The molecule has 0 aliphatic rings. The van der Waals surface area contributed by atoms with Crippen molar-refractivity contribution >= 4 is 17.6 Å². The Labute approximate surface area is 112 Å². The average molecular weight is 272 g/mol. The third-order valence-corrected chi connectivity index (χ3v) is 2.98. The second-order valence-electron chi connectivity index (χ2n) is 3.87. The van der Waals surface area contributed by atoms with E-state index in [9.17, 15) is 4.79 Å². The highest BCUT2D eigenvalue weighted by atomic mass is 35.5. The standard InChI is InChI=1S/C13H18ClNO3/c1-9(15-2)10-4-5-12(11(14)8-10)18-7-6-13(16)17-3/h4-5,8-9,15H,6-7H2,1-3H3. The van der Waals surface area contributed by atoms with E-state index in [1.165, 1.54) is 7.11 Å². The highest BCUT2D eigenvalue weighted by Gasteiger charge is 2.08. The number of esters is 1. The molecule has 100 valence electrons. The predicted octanol–water partition coefficient (Wildman–Crippen LogP) is 2.56. The lowest BCUT2D eigenvalue weighted by atomic mass is 10.1. The van der Waals surface area contributed by atoms with Gasteiger partial charge in [-0.2, -0.15) is 0 Å². The van der Waals surface area contributed by atoms with Crippen molar-refractivity contribution in [1.82, 2.24) is 5.32 Å². The number of rotatable bonds is 6. The van der Waals surface area contributed by atoms with Crippen LogP contribution in [-0.2, 0) is 9.53 Å². The molecule has 0 aliphatic carbocycles. The summed E-state index contributed by atoms with van der Waals surface area (Å²) < 4.78 is 9.95. The number of hydrogen-bond acceptors (Lipinski definition) is 4. The Morgan fingerprint density at radius 3 is 2.78 bits per heavy atom. The third-order valence-electron chi connectivity index (χ3n) is 2.68. The highest BCUT2D eigenvalue weighted by Crippen LogP contribution is 2.27. The minimum absolute atomic E-state index is 0.210. The summed E-state index contributed by atoms with van der Waals surface area (Å²) in [6.45, 7) is 2.30. The topological polar surface area (TPSA) is 47.6 Å². The van der Waals surface area contributed by atoms with Gasteiger partial charge in [-0.05, 0) is 31.7 Å². The molecule has 1 rings (SSSR count). The molecule has 1 aromatic rings. The number of methoxy groups -OCH3 is 1. The van der Waals surface area contributed by atoms with E-state index >= 15 is 0 Å². The molecule has 0 bridgehead atoms. The molecular weight excluding hydrogens is 254 g/mol. The lowest BCUT2D eigenvalue weighted by Crippen LogP contribution is -2.12. The lowest BCUT2D eigenvalue weighted by molar-refractivity contribution is -0.141. The fourth-order valence-corrected chi connectivity index (χ4v) is 1.66. The zero-order chi connectivity index (χ0) is 13.5. The van der Waals surface area contributed by atoms with Gasteiger partial charge in [0.15, 0.2) is 0 Å². The van der Waals surface area contributed by atoms with Crippen molar-refractivity contribution < 1.29 is 14.3 Å². The summed E-state index contributed by atoms with van der Waals surface area (Å²) >= 11 is 6.11. The molecule has 0 fully saturated rings. The Balaban J connectivity index is 2.60. The van der Waals surface area contributed by atoms with Crippen LogP contribution in [0.4, 0.5) is 0 Å². The molecule has 1 atom stereocenters. The molecule has 1 unspecified atom stereocenters. The maximum atomic E-state index is 10.9. The van der Waals surface area contributed by atoms with Crippen molar-refractivity contribution in [2.75, 3.05) is 20.8 Å². The van der Waals surface area contributed by atoms with Crippen LogP contribution < -0.4 is 10.1 Å². The fraction of sp³-hybridized carbons (Fsp3) is 0.462. The first-order valence-electron chi connectivity index (χ1n) is 5.74. The molecule has 0 amide bonds. The van der Waals surface area contributed by atoms with Crippen molar-refractivity contribution in [1.29, 1.82) is 0 Å². The summed E-state index contributed by atoms with van der Waals surface area (Å²) in [5.41, 5.74) is 1.09. The number of benzene rings is 1. The molecular formula is C13H18ClNO3. The summed E-state index contributed by atoms with van der Waals surface area (Å²) in [5.74, 6) is 0.277. The van der Waals surface area contributed by atoms with Crippen molar-refractivity contribution in [3.63, 3.8) is 0 Å². The summed E-state index contributed by atoms with van der Waals surface area (Å²) in [6.07, 6.45) is 0.210. The van der Waals surface area contributed by atoms with E-state index in [2.05, 4.69) is 10.1 Å². The largest absolute Gasteiger partial charge is 0.491 e. The molecule has 18 heavy (non-hydrogen) atoms. The number of halogens is 1. The first-order valence-corrected chi connectivity index (χ1v) is 6.12. The van der Waals surface area contributed by atoms with Gasteiger partial charge in [0.2, 0.25) is 0 Å². The average Bonchev–Trinajstić information content (AvgIpc) is 2.39. The normalized spacial score (nSPS) is 12.0. The number of carbonyl (C=O) groups excluding carboxylic acids is 1. The van der Waals surface area contributed by atoms with E-state index in [0.29, 0.717) is 10.8 Å². The van der Waals surface area contributed by atoms with Crippen molar-refractivity contribution in [2.24, 2.45) is 0 Å². The van der Waals surface area contributed by atoms with E-state index in [4.69, 9.17) is 16.3 Å². The molecule has 0 saturated carbocycles. The van der Waals surface area contributed by atoms with Crippen LogP contribution in [0.15, 0.2) is 18.2 Å². The number of carbonyl (C=O) groups is 1. The van der Waals surface area contributed by atoms with Gasteiger partial charge in [-0.25, -0.2) is 0 Å². The zero-order valence-electron chi connectivity index (χ0n) is 10.8. The highest BCUT2D eigenvalue weighted by molar-refractivity contribution is 6.32. The van der Waals surface area contributed by atoms with Crippen LogP contribution in [0, 0.1) is 0 Å². The van der Waals surface area contributed by atoms with Crippen LogP contribution in [0.1, 0.15) is 24.9 Å². The first-order chi connectivity index (χ1) is 8.58. The lowest BCUT2D eigenvalue weighted by Gasteiger charge is -2.13. The SMILES string of the molecule is CNC(C)c1ccc(OCCC(=O)OC)c(Cl)c1. The van der Waals surface area contributed by atoms with Gasteiger partial charge in [0.1, 0.15) is 5.75 Å². The Bertz CT molecular complexity index is 409. The third kappa shape index (κ3) is 4.20. The zero-order valence-corrected chi connectivity index (χ0v) is 11.6. The minimum atomic E-state index is -0.299. The first kappa shape index (κ1) is 14.8. The Morgan fingerprint density at radius 1 is 1.50 bits per heavy atom. The second-order valence-corrected chi connectivity index (χ2v) is 4.28. The smallest absolute Gasteiger partial charge is 0.308 e. The Kier molecular flexibility index (Phi) is 5.95. The molecule has 0 spiro atoms. The van der Waals surface area contributed by atoms with Crippen molar-refractivity contribution in [3.05, 3.63) is 28.8 Å². The van der Waals surface area contributed by atoms with Gasteiger partial charge in [0.25, 0.3) is 0 Å². The molecule has 0 aromatic heterocycles. The van der Waals surface area contributed by atoms with Gasteiger partial charge >= 0.3 is 5.97 Å². The number of ether oxygens (including phenoxy) is 2. The maximum absolute atomic E-state index is 10.9. The molecule has 4 nitrogen and oxygen atoms in total. The van der Waals surface area contributed by atoms with Crippen LogP contribution in [0.2, 0.25) is 5.02 Å². The van der Waals surface area contributed by atoms with Crippen LogP contribution >= 0.6 is 11.6 Å². The van der Waals surface area contributed by atoms with Crippen LogP contribution in [0.3, 0.4) is 0 Å². The summed E-state index contributed by atoms with van der Waals surface area (Å²) in [5, 5.41) is 3.67. The van der Waals surface area contributed by atoms with Gasteiger partial charge < -0.3 is 14.8 Å². The summed E-state index contributed by atoms with van der Waals surface area (Å²) in [4.78, 5) is 10.9. The van der Waals surface area contributed by atoms with Crippen molar-refractivity contribution in [3.8, 4) is 5.75 Å². The quantitative estimate of drug-likeness (QED) is 0.808. The van der Waals surface area contributed by atoms with E-state index in [-0.39, 0.29) is 25.0 Å². The van der Waals surface area contributed by atoms with Gasteiger partial charge in [-0.3, -0.25) is 4.79 Å². The van der Waals surface area contributed by atoms with Gasteiger partial charge in [0.05, 0.1) is 25.2 Å². The molecule has 0 heterocycles. The molecule has 0 aliphatic heterocycles. The van der Waals surface area contributed by atoms with Gasteiger partial charge in [-0.15, -0.1) is 0 Å². The fourth-order valence-electron chi connectivity index (χ4n) is 1.42. The van der Waals surface area contributed by atoms with Crippen molar-refractivity contribution in [2.45, 2.75) is 19.4 Å². The monoisotopic (exact) mass is 271 g/mol. The maximum Gasteiger partial charge on any atom is 0.308 e. The van der Waals surface area contributed by atoms with E-state index < -0.39 is 0 Å². The summed E-state index contributed by atoms with van der Waals surface area (Å²) in [6, 6.07) is 5.84. The predicted molar refractivity (Wildman–Crippen MR) is 71.1 cm³/mol. The van der Waals surface area contributed by atoms with Gasteiger partial charge in [0, 0.05) is 6.04 Å². The molecule has 0 saturated heterocycles. The Hall–Kier alpha value is -1.26. The van der Waals surface area contributed by atoms with Gasteiger partial charge in [-0.1, -0.05) is 17.7 Å². The van der Waals surface area contributed by atoms with Crippen LogP contribution in [0.5, 0.6) is 5.75 Å². The molecule has 1 N–H and O–H groups in total. The molecule has 0 radical (unpaired) electrons. The second kappa shape index (κ2) is 7.24. The van der Waals surface area contributed by atoms with Crippen LogP contribution in [-0.4, -0.2) is 26.7 Å². The van der Waals surface area contributed by atoms with E-state index in [0.717, 1.165) is 5.56 Å². The summed E-state index contributed by atoms with van der Waals surface area (Å²) in [7, 11) is 3.24. The van der Waals surface area contributed by atoms with E-state index in [1.807, 2.05) is 32.2 Å². The molecule has 5 heteroatoms.